The van der Waals surface area contributed by atoms with Crippen LogP contribution in [0, 0.1) is 12.8 Å². The molecule has 2 amide bonds. The first-order chi connectivity index (χ1) is 18.2. The van der Waals surface area contributed by atoms with E-state index in [1.165, 1.54) is 25.4 Å². The average molecular weight is 528 g/mol. The Morgan fingerprint density at radius 2 is 1.89 bits per heavy atom. The van der Waals surface area contributed by atoms with Crippen LogP contribution in [0.15, 0.2) is 24.5 Å². The molecule has 3 atom stereocenters. The lowest BCUT2D eigenvalue weighted by Gasteiger charge is -2.15. The molecule has 4 N–H and O–H groups in total. The first-order valence-corrected chi connectivity index (χ1v) is 12.9. The summed E-state index contributed by atoms with van der Waals surface area (Å²) in [4.78, 5) is 37.1. The maximum atomic E-state index is 13.6. The Kier molecular flexibility index (Phi) is 7.29. The van der Waals surface area contributed by atoms with Gasteiger partial charge in [0.05, 0.1) is 17.7 Å². The Morgan fingerprint density at radius 1 is 1.16 bits per heavy atom. The monoisotopic (exact) mass is 527 g/mol. The van der Waals surface area contributed by atoms with Gasteiger partial charge in [-0.2, -0.15) is 0 Å². The minimum absolute atomic E-state index is 0.128. The second-order valence-corrected chi connectivity index (χ2v) is 10.2. The van der Waals surface area contributed by atoms with Crippen LogP contribution >= 0.6 is 0 Å². The lowest BCUT2D eigenvalue weighted by Crippen LogP contribution is -2.40. The molecule has 0 bridgehead atoms. The van der Waals surface area contributed by atoms with Gasteiger partial charge in [0, 0.05) is 28.9 Å². The predicted octanol–water partition coefficient (Wildman–Crippen LogP) is 3.81. The summed E-state index contributed by atoms with van der Waals surface area (Å²) in [5.74, 6) is 0.171. The van der Waals surface area contributed by atoms with Crippen molar-refractivity contribution in [2.75, 3.05) is 6.61 Å². The van der Waals surface area contributed by atoms with E-state index in [9.17, 15) is 23.5 Å². The van der Waals surface area contributed by atoms with E-state index in [1.54, 1.807) is 13.0 Å². The number of fused-ring (bicyclic) bond motifs is 1. The predicted molar refractivity (Wildman–Crippen MR) is 136 cm³/mol. The molecule has 2 aromatic heterocycles. The maximum Gasteiger partial charge on any atom is 0.263 e. The number of H-pyrrole nitrogens is 1. The van der Waals surface area contributed by atoms with Gasteiger partial charge in [0.2, 0.25) is 5.91 Å². The van der Waals surface area contributed by atoms with Crippen molar-refractivity contribution < 1.29 is 28.2 Å². The van der Waals surface area contributed by atoms with Crippen molar-refractivity contribution >= 4 is 22.8 Å². The molecule has 11 heteroatoms. The number of carbonyl (C=O) groups excluding carboxylic acids is 2. The summed E-state index contributed by atoms with van der Waals surface area (Å²) in [6, 6.07) is 3.99. The number of hydrogen-bond donors (Lipinski definition) is 4. The summed E-state index contributed by atoms with van der Waals surface area (Å²) in [6.45, 7) is 3.67. The van der Waals surface area contributed by atoms with Gasteiger partial charge in [-0.3, -0.25) is 9.59 Å². The fraction of sp³-hybridized carbons (Fsp3) is 0.481. The molecule has 2 aliphatic rings. The van der Waals surface area contributed by atoms with Crippen molar-refractivity contribution in [1.82, 2.24) is 25.6 Å². The number of aromatic amines is 1. The Morgan fingerprint density at radius 3 is 2.58 bits per heavy atom. The van der Waals surface area contributed by atoms with Crippen molar-refractivity contribution in [2.24, 2.45) is 5.92 Å². The zero-order chi connectivity index (χ0) is 27.0. The Balaban J connectivity index is 1.41. The van der Waals surface area contributed by atoms with Gasteiger partial charge in [0.15, 0.2) is 0 Å². The number of aromatic nitrogens is 3. The molecule has 0 radical (unpaired) electrons. The quantitative estimate of drug-likeness (QED) is 0.335. The van der Waals surface area contributed by atoms with Gasteiger partial charge >= 0.3 is 0 Å². The fourth-order valence-corrected chi connectivity index (χ4v) is 4.91. The standard InChI is InChI=1S/C27H31F2N5O4/c1-13-21(27(37)34-18-7-6-17(10-18)33-26(36)14(2)35)23-24(32-13)22(30-12-31-23)19-9-16(25(28)29)5-8-20(19)38-11-15-3-4-15/h5,8-9,12,14-15,17-18,25,32,35H,3-4,6-7,10-11H2,1-2H3,(H,33,36)(H,34,37)/t14-,17-,18-/m0/s1. The number of nitrogens with one attached hydrogen (secondary N) is 3. The molecule has 1 aromatic carbocycles. The molecule has 0 aliphatic heterocycles. The first-order valence-electron chi connectivity index (χ1n) is 12.9. The summed E-state index contributed by atoms with van der Waals surface area (Å²) < 4.78 is 33.1. The van der Waals surface area contributed by atoms with Crippen LogP contribution in [0.25, 0.3) is 22.3 Å². The molecule has 3 aromatic rings. The summed E-state index contributed by atoms with van der Waals surface area (Å²) in [5.41, 5.74) is 2.42. The van der Waals surface area contributed by atoms with Gasteiger partial charge < -0.3 is 25.5 Å². The van der Waals surface area contributed by atoms with E-state index in [-0.39, 0.29) is 23.6 Å². The van der Waals surface area contributed by atoms with E-state index < -0.39 is 18.4 Å². The maximum absolute atomic E-state index is 13.6. The number of aryl methyl sites for hydroxylation is 1. The lowest BCUT2D eigenvalue weighted by molar-refractivity contribution is -0.129. The average Bonchev–Trinajstić information content (AvgIpc) is 3.51. The highest BCUT2D eigenvalue weighted by Crippen LogP contribution is 2.38. The number of ether oxygens (including phenoxy) is 1. The largest absolute Gasteiger partial charge is 0.493 e. The number of aliphatic hydroxyl groups excluding tert-OH is 1. The zero-order valence-corrected chi connectivity index (χ0v) is 21.3. The van der Waals surface area contributed by atoms with E-state index in [0.29, 0.717) is 71.1 Å². The summed E-state index contributed by atoms with van der Waals surface area (Å²) >= 11 is 0. The highest BCUT2D eigenvalue weighted by atomic mass is 19.3. The van der Waals surface area contributed by atoms with E-state index in [4.69, 9.17) is 4.74 Å². The Labute approximate surface area is 218 Å². The molecule has 0 saturated heterocycles. The van der Waals surface area contributed by atoms with Gasteiger partial charge in [-0.15, -0.1) is 0 Å². The third-order valence-electron chi connectivity index (χ3n) is 7.17. The van der Waals surface area contributed by atoms with Crippen molar-refractivity contribution in [3.05, 3.63) is 41.3 Å². The second-order valence-electron chi connectivity index (χ2n) is 10.2. The second kappa shape index (κ2) is 10.6. The van der Waals surface area contributed by atoms with Crippen molar-refractivity contribution in [3.8, 4) is 17.0 Å². The molecule has 202 valence electrons. The van der Waals surface area contributed by atoms with Crippen molar-refractivity contribution in [3.63, 3.8) is 0 Å². The fourth-order valence-electron chi connectivity index (χ4n) is 4.91. The van der Waals surface area contributed by atoms with Crippen LogP contribution in [-0.2, 0) is 4.79 Å². The van der Waals surface area contributed by atoms with Gasteiger partial charge in [-0.05, 0) is 70.1 Å². The van der Waals surface area contributed by atoms with Gasteiger partial charge in [-0.25, -0.2) is 18.7 Å². The highest BCUT2D eigenvalue weighted by molar-refractivity contribution is 6.09. The summed E-state index contributed by atoms with van der Waals surface area (Å²) in [6.07, 6.45) is 1.67. The zero-order valence-electron chi connectivity index (χ0n) is 21.3. The number of halogens is 2. The number of carbonyl (C=O) groups is 2. The van der Waals surface area contributed by atoms with E-state index in [0.717, 1.165) is 12.8 Å². The van der Waals surface area contributed by atoms with Crippen LogP contribution in [0.4, 0.5) is 8.78 Å². The van der Waals surface area contributed by atoms with Crippen LogP contribution in [0.5, 0.6) is 5.75 Å². The molecule has 2 saturated carbocycles. The first kappa shape index (κ1) is 26.0. The molecule has 5 rings (SSSR count). The molecule has 38 heavy (non-hydrogen) atoms. The molecule has 0 spiro atoms. The number of benzene rings is 1. The molecular formula is C27H31F2N5O4. The van der Waals surface area contributed by atoms with E-state index in [1.807, 2.05) is 0 Å². The van der Waals surface area contributed by atoms with Crippen LogP contribution in [0.2, 0.25) is 0 Å². The highest BCUT2D eigenvalue weighted by Gasteiger charge is 2.30. The molecule has 9 nitrogen and oxygen atoms in total. The van der Waals surface area contributed by atoms with Crippen LogP contribution in [-0.4, -0.2) is 56.7 Å². The lowest BCUT2D eigenvalue weighted by atomic mass is 10.0. The molecule has 0 unspecified atom stereocenters. The molecule has 2 fully saturated rings. The minimum atomic E-state index is -2.66. The minimum Gasteiger partial charge on any atom is -0.493 e. The SMILES string of the molecule is Cc1[nH]c2c(-c3cc(C(F)F)ccc3OCC3CC3)ncnc2c1C(=O)N[C@H]1CC[C@H](NC(=O)[C@H](C)O)C1. The number of hydrogen-bond acceptors (Lipinski definition) is 6. The number of amides is 2. The third kappa shape index (κ3) is 5.47. The summed E-state index contributed by atoms with van der Waals surface area (Å²) in [5, 5.41) is 15.2. The number of rotatable bonds is 9. The smallest absolute Gasteiger partial charge is 0.263 e. The molecule has 2 heterocycles. The van der Waals surface area contributed by atoms with Gasteiger partial charge in [0.1, 0.15) is 29.4 Å². The summed E-state index contributed by atoms with van der Waals surface area (Å²) in [7, 11) is 0. The van der Waals surface area contributed by atoms with E-state index in [2.05, 4.69) is 25.6 Å². The number of nitrogens with zero attached hydrogens (tertiary/aromatic N) is 2. The van der Waals surface area contributed by atoms with Gasteiger partial charge in [-0.1, -0.05) is 0 Å². The van der Waals surface area contributed by atoms with Crippen LogP contribution in [0.3, 0.4) is 0 Å². The topological polar surface area (TPSA) is 129 Å². The third-order valence-corrected chi connectivity index (χ3v) is 7.17. The van der Waals surface area contributed by atoms with Crippen molar-refractivity contribution in [2.45, 2.75) is 70.6 Å². The number of aliphatic hydroxyl groups is 1. The van der Waals surface area contributed by atoms with Crippen molar-refractivity contribution in [1.29, 1.82) is 0 Å². The van der Waals surface area contributed by atoms with Gasteiger partial charge in [0.25, 0.3) is 12.3 Å². The Bertz CT molecular complexity index is 1350. The normalized spacial score (nSPS) is 20.1. The van der Waals surface area contributed by atoms with E-state index >= 15 is 0 Å². The molecule has 2 aliphatic carbocycles. The van der Waals surface area contributed by atoms with Crippen LogP contribution in [0.1, 0.15) is 67.1 Å². The molecular weight excluding hydrogens is 496 g/mol. The number of alkyl halides is 2. The Hall–Kier alpha value is -3.60. The van der Waals surface area contributed by atoms with Crippen LogP contribution < -0.4 is 15.4 Å².